The third-order valence-electron chi connectivity index (χ3n) is 6.29. The number of nitrogens with zero attached hydrogens (tertiary/aromatic N) is 3. The lowest BCUT2D eigenvalue weighted by Gasteiger charge is -2.26. The Hall–Kier alpha value is -2.24. The Kier molecular flexibility index (Phi) is 8.40. The van der Waals surface area contributed by atoms with Gasteiger partial charge in [-0.25, -0.2) is 0 Å². The van der Waals surface area contributed by atoms with Crippen LogP contribution in [0.1, 0.15) is 70.9 Å². The summed E-state index contributed by atoms with van der Waals surface area (Å²) in [7, 11) is 0. The van der Waals surface area contributed by atoms with Gasteiger partial charge in [0, 0.05) is 50.9 Å². The molecule has 2 saturated heterocycles. The highest BCUT2D eigenvalue weighted by molar-refractivity contribution is 5.80. The summed E-state index contributed by atoms with van der Waals surface area (Å²) in [4.78, 5) is 21.4. The van der Waals surface area contributed by atoms with E-state index >= 15 is 0 Å². The van der Waals surface area contributed by atoms with Crippen LogP contribution >= 0.6 is 0 Å². The standard InChI is InChI=1S/C24H39N5O/c1-4-21(29-17-9-12-23(29)30)13-14-26-24(25-5-2)27-19(3)20-10-8-11-22(18-20)28-15-6-7-16-28/h8,10-11,18-19,21H,4-7,9,12-17H2,1-3H3,(H2,25,26,27). The number of hydrogen-bond donors (Lipinski definition) is 2. The van der Waals surface area contributed by atoms with Crippen LogP contribution in [0.25, 0.3) is 0 Å². The van der Waals surface area contributed by atoms with Gasteiger partial charge in [-0.2, -0.15) is 0 Å². The predicted molar refractivity (Wildman–Crippen MR) is 125 cm³/mol. The molecule has 1 aromatic carbocycles. The fourth-order valence-corrected chi connectivity index (χ4v) is 4.54. The van der Waals surface area contributed by atoms with Crippen LogP contribution in [0, 0.1) is 0 Å². The first kappa shape index (κ1) is 22.4. The van der Waals surface area contributed by atoms with E-state index in [4.69, 9.17) is 4.99 Å². The molecule has 2 fully saturated rings. The van der Waals surface area contributed by atoms with Gasteiger partial charge < -0.3 is 20.4 Å². The zero-order chi connectivity index (χ0) is 21.3. The molecule has 2 unspecified atom stereocenters. The topological polar surface area (TPSA) is 60.0 Å². The Labute approximate surface area is 182 Å². The van der Waals surface area contributed by atoms with E-state index in [1.165, 1.54) is 24.1 Å². The van der Waals surface area contributed by atoms with Crippen LogP contribution in [0.5, 0.6) is 0 Å². The summed E-state index contributed by atoms with van der Waals surface area (Å²) in [5, 5.41) is 6.93. The maximum Gasteiger partial charge on any atom is 0.222 e. The number of benzene rings is 1. The summed E-state index contributed by atoms with van der Waals surface area (Å²) in [5.41, 5.74) is 2.60. The number of likely N-dealkylation sites (tertiary alicyclic amines) is 1. The first-order valence-electron chi connectivity index (χ1n) is 11.8. The van der Waals surface area contributed by atoms with Crippen molar-refractivity contribution in [3.05, 3.63) is 29.8 Å². The minimum Gasteiger partial charge on any atom is -0.372 e. The van der Waals surface area contributed by atoms with E-state index in [9.17, 15) is 4.79 Å². The lowest BCUT2D eigenvalue weighted by molar-refractivity contribution is -0.129. The van der Waals surface area contributed by atoms with E-state index in [1.54, 1.807) is 0 Å². The first-order chi connectivity index (χ1) is 14.6. The molecule has 2 atom stereocenters. The average molecular weight is 414 g/mol. The van der Waals surface area contributed by atoms with E-state index < -0.39 is 0 Å². The zero-order valence-electron chi connectivity index (χ0n) is 19.0. The van der Waals surface area contributed by atoms with Crippen LogP contribution in [0.2, 0.25) is 0 Å². The Bertz CT molecular complexity index is 713. The number of rotatable bonds is 9. The highest BCUT2D eigenvalue weighted by atomic mass is 16.2. The SMILES string of the molecule is CCNC(=NCCC(CC)N1CCCC1=O)NC(C)c1cccc(N2CCCC2)c1. The number of hydrogen-bond acceptors (Lipinski definition) is 3. The molecule has 2 N–H and O–H groups in total. The van der Waals surface area contributed by atoms with Crippen molar-refractivity contribution >= 4 is 17.6 Å². The summed E-state index contributed by atoms with van der Waals surface area (Å²) in [5.74, 6) is 1.15. The Morgan fingerprint density at radius 1 is 1.17 bits per heavy atom. The number of guanidine groups is 1. The second kappa shape index (κ2) is 11.2. The molecule has 3 rings (SSSR count). The molecule has 2 heterocycles. The second-order valence-electron chi connectivity index (χ2n) is 8.46. The van der Waals surface area contributed by atoms with Gasteiger partial charge in [-0.1, -0.05) is 19.1 Å². The van der Waals surface area contributed by atoms with E-state index in [1.807, 2.05) is 0 Å². The minimum absolute atomic E-state index is 0.174. The number of amides is 1. The van der Waals surface area contributed by atoms with Gasteiger partial charge in [0.25, 0.3) is 0 Å². The van der Waals surface area contributed by atoms with E-state index in [2.05, 4.69) is 65.5 Å². The smallest absolute Gasteiger partial charge is 0.222 e. The largest absolute Gasteiger partial charge is 0.372 e. The number of carbonyl (C=O) groups is 1. The van der Waals surface area contributed by atoms with Gasteiger partial charge in [0.2, 0.25) is 5.91 Å². The molecule has 0 radical (unpaired) electrons. The third kappa shape index (κ3) is 5.89. The van der Waals surface area contributed by atoms with Crippen LogP contribution in [0.4, 0.5) is 5.69 Å². The molecule has 2 aliphatic heterocycles. The van der Waals surface area contributed by atoms with Gasteiger partial charge in [0.15, 0.2) is 5.96 Å². The maximum absolute atomic E-state index is 12.1. The molecule has 2 aliphatic rings. The normalized spacial score (nSPS) is 19.3. The highest BCUT2D eigenvalue weighted by Gasteiger charge is 2.26. The molecule has 30 heavy (non-hydrogen) atoms. The Morgan fingerprint density at radius 2 is 1.97 bits per heavy atom. The Balaban J connectivity index is 1.58. The minimum atomic E-state index is 0.174. The van der Waals surface area contributed by atoms with Crippen molar-refractivity contribution in [1.29, 1.82) is 0 Å². The summed E-state index contributed by atoms with van der Waals surface area (Å²) in [6.45, 7) is 11.2. The molecule has 1 aromatic rings. The van der Waals surface area contributed by atoms with Crippen LogP contribution < -0.4 is 15.5 Å². The van der Waals surface area contributed by atoms with Gasteiger partial charge in [-0.05, 0) is 63.6 Å². The summed E-state index contributed by atoms with van der Waals surface area (Å²) >= 11 is 0. The predicted octanol–water partition coefficient (Wildman–Crippen LogP) is 3.69. The molecular weight excluding hydrogens is 374 g/mol. The second-order valence-corrected chi connectivity index (χ2v) is 8.46. The molecule has 0 saturated carbocycles. The van der Waals surface area contributed by atoms with E-state index in [0.717, 1.165) is 57.9 Å². The van der Waals surface area contributed by atoms with Crippen molar-refractivity contribution < 1.29 is 4.79 Å². The molecule has 0 aromatic heterocycles. The molecule has 0 bridgehead atoms. The van der Waals surface area contributed by atoms with Gasteiger partial charge in [-0.15, -0.1) is 0 Å². The third-order valence-corrected chi connectivity index (χ3v) is 6.29. The molecule has 6 heteroatoms. The lowest BCUT2D eigenvalue weighted by Crippen LogP contribution is -2.39. The van der Waals surface area contributed by atoms with Crippen LogP contribution in [0.3, 0.4) is 0 Å². The first-order valence-corrected chi connectivity index (χ1v) is 11.8. The quantitative estimate of drug-likeness (QED) is 0.479. The molecular formula is C24H39N5O. The fraction of sp³-hybridized carbons (Fsp3) is 0.667. The molecule has 166 valence electrons. The van der Waals surface area contributed by atoms with Gasteiger partial charge >= 0.3 is 0 Å². The molecule has 1 amide bonds. The summed E-state index contributed by atoms with van der Waals surface area (Å²) in [6.07, 6.45) is 6.19. The number of nitrogens with one attached hydrogen (secondary N) is 2. The van der Waals surface area contributed by atoms with Crippen molar-refractivity contribution in [1.82, 2.24) is 15.5 Å². The van der Waals surface area contributed by atoms with Crippen molar-refractivity contribution in [3.63, 3.8) is 0 Å². The van der Waals surface area contributed by atoms with Crippen molar-refractivity contribution in [3.8, 4) is 0 Å². The number of anilines is 1. The van der Waals surface area contributed by atoms with Gasteiger partial charge in [-0.3, -0.25) is 9.79 Å². The molecule has 0 spiro atoms. The highest BCUT2D eigenvalue weighted by Crippen LogP contribution is 2.24. The summed E-state index contributed by atoms with van der Waals surface area (Å²) < 4.78 is 0. The fourth-order valence-electron chi connectivity index (χ4n) is 4.54. The van der Waals surface area contributed by atoms with Crippen molar-refractivity contribution in [2.45, 2.75) is 71.4 Å². The van der Waals surface area contributed by atoms with Crippen molar-refractivity contribution in [2.24, 2.45) is 4.99 Å². The summed E-state index contributed by atoms with van der Waals surface area (Å²) in [6, 6.07) is 9.34. The molecule has 0 aliphatic carbocycles. The maximum atomic E-state index is 12.1. The van der Waals surface area contributed by atoms with Crippen LogP contribution in [-0.4, -0.2) is 55.5 Å². The monoisotopic (exact) mass is 413 g/mol. The molecule has 6 nitrogen and oxygen atoms in total. The van der Waals surface area contributed by atoms with E-state index in [0.29, 0.717) is 18.4 Å². The zero-order valence-corrected chi connectivity index (χ0v) is 19.0. The number of carbonyl (C=O) groups excluding carboxylic acids is 1. The number of aliphatic imine (C=N–C) groups is 1. The van der Waals surface area contributed by atoms with Gasteiger partial charge in [0.1, 0.15) is 0 Å². The van der Waals surface area contributed by atoms with Crippen LogP contribution in [0.15, 0.2) is 29.3 Å². The Morgan fingerprint density at radius 3 is 2.63 bits per heavy atom. The van der Waals surface area contributed by atoms with Crippen molar-refractivity contribution in [2.75, 3.05) is 37.6 Å². The average Bonchev–Trinajstić information content (AvgIpc) is 3.43. The van der Waals surface area contributed by atoms with E-state index in [-0.39, 0.29) is 6.04 Å². The van der Waals surface area contributed by atoms with Gasteiger partial charge in [0.05, 0.1) is 6.04 Å². The lowest BCUT2D eigenvalue weighted by atomic mass is 10.1. The van der Waals surface area contributed by atoms with Crippen LogP contribution in [-0.2, 0) is 4.79 Å².